The smallest absolute Gasteiger partial charge is 0.407 e. The van der Waals surface area contributed by atoms with Gasteiger partial charge in [-0.15, -0.1) is 18.1 Å². The lowest BCUT2D eigenvalue weighted by Crippen LogP contribution is -2.43. The van der Waals surface area contributed by atoms with E-state index in [4.69, 9.17) is 13.9 Å². The first-order valence-electron chi connectivity index (χ1n) is 16.2. The van der Waals surface area contributed by atoms with Crippen molar-refractivity contribution < 1.29 is 32.0 Å². The standard InChI is InChI=1S/C34H46N6O8SSi/c1-33(2,3)48-32(41)35-18-12-21-46-30-17-19-38-31(37-30)27(24-36-38)25-13-11-14-26(23-25)39(20-22-47-50(7,8)34(4,5)6)49(44,45)29-16-10-9-15-28(29)40(42)43/h9-11,13-17,19,23-24H,12,18,20-22H2,1-8H3,(H,35,41)/q-1. The molecule has 0 bridgehead atoms. The number of aromatic nitrogens is 3. The molecule has 2 heterocycles. The fraction of sp³-hybridized carbons (Fsp3) is 0.441. The van der Waals surface area contributed by atoms with E-state index in [1.54, 1.807) is 68.0 Å². The second-order valence-electron chi connectivity index (χ2n) is 14.2. The first kappa shape index (κ1) is 38.3. The van der Waals surface area contributed by atoms with Gasteiger partial charge in [0.15, 0.2) is 10.5 Å². The second kappa shape index (κ2) is 15.1. The number of nitro groups is 1. The maximum atomic E-state index is 14.2. The molecule has 271 valence electrons. The number of para-hydroxylation sites is 1. The molecule has 1 N–H and O–H groups in total. The topological polar surface area (TPSA) is 168 Å². The maximum absolute atomic E-state index is 14.2. The minimum atomic E-state index is -4.41. The number of hydrogen-bond donors (Lipinski definition) is 1. The lowest BCUT2D eigenvalue weighted by Gasteiger charge is -2.48. The first-order valence-corrected chi connectivity index (χ1v) is 20.6. The van der Waals surface area contributed by atoms with E-state index in [9.17, 15) is 23.3 Å². The Morgan fingerprint density at radius 2 is 1.76 bits per heavy atom. The third kappa shape index (κ3) is 9.37. The van der Waals surface area contributed by atoms with Crippen molar-refractivity contribution in [1.29, 1.82) is 0 Å². The number of nitrogens with one attached hydrogen (secondary N) is 1. The van der Waals surface area contributed by atoms with Gasteiger partial charge in [0.25, 0.3) is 15.7 Å². The van der Waals surface area contributed by atoms with Crippen molar-refractivity contribution in [1.82, 2.24) is 19.9 Å². The van der Waals surface area contributed by atoms with E-state index in [0.29, 0.717) is 41.3 Å². The van der Waals surface area contributed by atoms with Crippen LogP contribution in [0.1, 0.15) is 48.0 Å². The van der Waals surface area contributed by atoms with Gasteiger partial charge in [0.05, 0.1) is 30.0 Å². The summed E-state index contributed by atoms with van der Waals surface area (Å²) in [6.07, 6.45) is 3.34. The van der Waals surface area contributed by atoms with Gasteiger partial charge in [-0.25, -0.2) is 17.7 Å². The highest BCUT2D eigenvalue weighted by atomic mass is 32.2. The monoisotopic (exact) mass is 726 g/mol. The van der Waals surface area contributed by atoms with Crippen LogP contribution in [-0.4, -0.2) is 74.3 Å². The predicted molar refractivity (Wildman–Crippen MR) is 194 cm³/mol. The highest BCUT2D eigenvalue weighted by Gasteiger charge is 2.33. The van der Waals surface area contributed by atoms with Crippen LogP contribution in [0.15, 0.2) is 71.9 Å². The van der Waals surface area contributed by atoms with E-state index in [1.165, 1.54) is 24.3 Å². The first-order chi connectivity index (χ1) is 23.3. The summed E-state index contributed by atoms with van der Waals surface area (Å²) < 4.78 is 48.6. The zero-order valence-electron chi connectivity index (χ0n) is 29.8. The third-order valence-corrected chi connectivity index (χ3v) is 14.6. The molecule has 0 aliphatic heterocycles. The number of rotatable bonds is 14. The number of fused-ring (bicyclic) bond motifs is 1. The quantitative estimate of drug-likeness (QED) is 0.0631. The van der Waals surface area contributed by atoms with Crippen LogP contribution in [-0.2, 0) is 19.2 Å². The zero-order chi connectivity index (χ0) is 36.9. The van der Waals surface area contributed by atoms with Crippen molar-refractivity contribution in [3.63, 3.8) is 0 Å². The van der Waals surface area contributed by atoms with Gasteiger partial charge in [-0.2, -0.15) is 10.1 Å². The van der Waals surface area contributed by atoms with Crippen LogP contribution in [0.25, 0.3) is 16.8 Å². The number of alkyl carbamates (subject to hydrolysis) is 1. The Kier molecular flexibility index (Phi) is 11.6. The number of anilines is 1. The molecule has 2 aromatic carbocycles. The molecule has 1 amide bonds. The Morgan fingerprint density at radius 3 is 2.44 bits per heavy atom. The molecule has 0 unspecified atom stereocenters. The number of benzene rings is 2. The lowest BCUT2D eigenvalue weighted by molar-refractivity contribution is -0.387. The number of sulfonamides is 1. The number of carbonyl (C=O) groups excluding carboxylic acids is 1. The van der Waals surface area contributed by atoms with Crippen LogP contribution in [0.3, 0.4) is 0 Å². The van der Waals surface area contributed by atoms with Gasteiger partial charge in [0.1, 0.15) is 5.60 Å². The molecule has 4 aromatic rings. The summed E-state index contributed by atoms with van der Waals surface area (Å²) in [4.78, 5) is 27.3. The van der Waals surface area contributed by atoms with Crippen molar-refractivity contribution in [3.8, 4) is 17.0 Å². The minimum absolute atomic E-state index is 0.0713. The fourth-order valence-electron chi connectivity index (χ4n) is 4.65. The van der Waals surface area contributed by atoms with Crippen LogP contribution in [0, 0.1) is 10.1 Å². The number of carbonyl (C=O) groups is 1. The molecule has 4 rings (SSSR count). The van der Waals surface area contributed by atoms with E-state index < -0.39 is 45.5 Å². The van der Waals surface area contributed by atoms with Gasteiger partial charge < -0.3 is 19.2 Å². The Labute approximate surface area is 294 Å². The van der Waals surface area contributed by atoms with Gasteiger partial charge in [0.2, 0.25) is 5.88 Å². The molecule has 2 aromatic heterocycles. The second-order valence-corrected chi connectivity index (χ2v) is 20.8. The molecular weight excluding hydrogens is 681 g/mol. The molecule has 0 saturated heterocycles. The summed E-state index contributed by atoms with van der Waals surface area (Å²) in [5.41, 5.74) is 0.904. The van der Waals surface area contributed by atoms with Crippen LogP contribution in [0.4, 0.5) is 16.2 Å². The molecule has 0 atom stereocenters. The van der Waals surface area contributed by atoms with Crippen LogP contribution >= 0.6 is 0 Å². The molecule has 0 saturated carbocycles. The highest BCUT2D eigenvalue weighted by molar-refractivity contribution is 7.93. The van der Waals surface area contributed by atoms with E-state index >= 15 is 0 Å². The average Bonchev–Trinajstić information content (AvgIpc) is 3.45. The molecular formula is C34H46N6O8SSi-. The van der Waals surface area contributed by atoms with Crippen molar-refractivity contribution in [3.05, 3.63) is 77.1 Å². The summed E-state index contributed by atoms with van der Waals surface area (Å²) in [7, 11) is -6.65. The fourth-order valence-corrected chi connectivity index (χ4v) is 7.29. The molecule has 50 heavy (non-hydrogen) atoms. The Morgan fingerprint density at radius 1 is 1.04 bits per heavy atom. The lowest BCUT2D eigenvalue weighted by atomic mass is 10.1. The zero-order valence-corrected chi connectivity index (χ0v) is 31.6. The summed E-state index contributed by atoms with van der Waals surface area (Å²) in [6, 6.07) is 13.8. The van der Waals surface area contributed by atoms with Gasteiger partial charge in [-0.3, -0.25) is 14.4 Å². The predicted octanol–water partition coefficient (Wildman–Crippen LogP) is 6.82. The van der Waals surface area contributed by atoms with Crippen molar-refractivity contribution in [2.75, 3.05) is 30.6 Å². The highest BCUT2D eigenvalue weighted by Crippen LogP contribution is 2.37. The number of amides is 1. The number of hydrogen-bond acceptors (Lipinski definition) is 10. The maximum Gasteiger partial charge on any atom is 0.407 e. The van der Waals surface area contributed by atoms with Crippen LogP contribution in [0.5, 0.6) is 5.88 Å². The number of ether oxygens (including phenoxy) is 2. The molecule has 14 nitrogen and oxygen atoms in total. The average molecular weight is 727 g/mol. The summed E-state index contributed by atoms with van der Waals surface area (Å²) in [5.74, 6) is 0.344. The SMILES string of the molecule is CC(C)(C)OC(=O)NCCCOc1ccn2ncc(-c3cccc(N(CCO[Si-](C)(C)C(C)(C)C)S(=O)(=O)c4ccccc4[N+](=O)[O-])c3)c2n1. The number of nitrogens with zero attached hydrogens (tertiary/aromatic N) is 5. The summed E-state index contributed by atoms with van der Waals surface area (Å²) in [5, 5.41) is 18.9. The van der Waals surface area contributed by atoms with Gasteiger partial charge in [-0.05, 0) is 59.3 Å². The third-order valence-electron chi connectivity index (χ3n) is 8.22. The van der Waals surface area contributed by atoms with Crippen molar-refractivity contribution in [2.24, 2.45) is 0 Å². The molecule has 16 heteroatoms. The normalized spacial score (nSPS) is 12.5. The van der Waals surface area contributed by atoms with E-state index in [0.717, 1.165) is 4.31 Å². The number of nitro benzene ring substituents is 1. The Hall–Kier alpha value is -4.54. The van der Waals surface area contributed by atoms with Crippen LogP contribution in [0.2, 0.25) is 18.1 Å². The van der Waals surface area contributed by atoms with Crippen molar-refractivity contribution in [2.45, 2.75) is 76.6 Å². The Balaban J connectivity index is 1.61. The van der Waals surface area contributed by atoms with E-state index in [1.807, 2.05) is 0 Å². The molecule has 0 spiro atoms. The van der Waals surface area contributed by atoms with E-state index in [-0.39, 0.29) is 24.8 Å². The van der Waals surface area contributed by atoms with Gasteiger partial charge >= 0.3 is 6.09 Å². The van der Waals surface area contributed by atoms with Crippen LogP contribution < -0.4 is 14.4 Å². The largest absolute Gasteiger partial charge is 0.563 e. The molecule has 0 aliphatic carbocycles. The summed E-state index contributed by atoms with van der Waals surface area (Å²) >= 11 is 0. The summed E-state index contributed by atoms with van der Waals surface area (Å²) in [6.45, 7) is 16.5. The molecule has 0 fully saturated rings. The molecule has 0 radical (unpaired) electrons. The van der Waals surface area contributed by atoms with E-state index in [2.05, 4.69) is 49.3 Å². The van der Waals surface area contributed by atoms with Crippen molar-refractivity contribution >= 4 is 41.5 Å². The van der Waals surface area contributed by atoms with Gasteiger partial charge in [0, 0.05) is 37.0 Å². The Bertz CT molecular complexity index is 1940. The minimum Gasteiger partial charge on any atom is -0.563 e. The van der Waals surface area contributed by atoms with Gasteiger partial charge in [-0.1, -0.05) is 45.0 Å². The molecule has 0 aliphatic rings.